The molecule has 4 nitrogen and oxygen atoms in total. The normalized spacial score (nSPS) is 13.6. The Morgan fingerprint density at radius 3 is 2.44 bits per heavy atom. The lowest BCUT2D eigenvalue weighted by Gasteiger charge is -2.17. The molecule has 0 unspecified atom stereocenters. The fourth-order valence-electron chi connectivity index (χ4n) is 1.60. The number of benzene rings is 1. The minimum atomic E-state index is 0.0471. The highest BCUT2D eigenvalue weighted by molar-refractivity contribution is 5.97. The molecule has 1 aromatic carbocycles. The van der Waals surface area contributed by atoms with E-state index in [0.717, 1.165) is 0 Å². The van der Waals surface area contributed by atoms with Gasteiger partial charge in [0.25, 0.3) is 0 Å². The summed E-state index contributed by atoms with van der Waals surface area (Å²) >= 11 is 0. The average Bonchev–Trinajstić information content (AvgIpc) is 2.42. The van der Waals surface area contributed by atoms with Crippen LogP contribution in [0.3, 0.4) is 0 Å². The molecule has 2 rings (SSSR count). The number of hydrogen-bond acceptors (Lipinski definition) is 4. The van der Waals surface area contributed by atoms with E-state index in [9.17, 15) is 9.70 Å². The second-order valence-electron chi connectivity index (χ2n) is 3.83. The van der Waals surface area contributed by atoms with Crippen molar-refractivity contribution in [3.05, 3.63) is 77.1 Å². The first kappa shape index (κ1) is 12.0. The molecule has 0 saturated heterocycles. The summed E-state index contributed by atoms with van der Waals surface area (Å²) < 4.78 is 0. The van der Waals surface area contributed by atoms with Crippen LogP contribution in [0.2, 0.25) is 0 Å². The van der Waals surface area contributed by atoms with Crippen LogP contribution in [0.5, 0.6) is 0 Å². The summed E-state index contributed by atoms with van der Waals surface area (Å²) in [5.41, 5.74) is 1.41. The Morgan fingerprint density at radius 2 is 1.83 bits per heavy atom. The first-order valence-electron chi connectivity index (χ1n) is 5.52. The topological polar surface area (TPSA) is 49.7 Å². The third kappa shape index (κ3) is 3.01. The van der Waals surface area contributed by atoms with Gasteiger partial charge in [-0.1, -0.05) is 30.3 Å². The Labute approximate surface area is 105 Å². The van der Waals surface area contributed by atoms with Crippen LogP contribution in [-0.2, 0) is 0 Å². The number of ketones is 1. The molecule has 0 amide bonds. The van der Waals surface area contributed by atoms with E-state index in [1.807, 2.05) is 18.2 Å². The van der Waals surface area contributed by atoms with Gasteiger partial charge in [0.2, 0.25) is 0 Å². The van der Waals surface area contributed by atoms with Gasteiger partial charge < -0.3 is 4.90 Å². The molecule has 0 fully saturated rings. The van der Waals surface area contributed by atoms with Crippen molar-refractivity contribution >= 4 is 5.78 Å². The number of carbonyl (C=O) groups excluding carboxylic acids is 1. The molecule has 0 spiro atoms. The number of rotatable bonds is 4. The van der Waals surface area contributed by atoms with Crippen molar-refractivity contribution in [2.45, 2.75) is 0 Å². The first-order valence-corrected chi connectivity index (χ1v) is 5.52. The Kier molecular flexibility index (Phi) is 3.81. The molecule has 0 radical (unpaired) electrons. The van der Waals surface area contributed by atoms with Crippen LogP contribution in [0.15, 0.2) is 71.8 Å². The van der Waals surface area contributed by atoms with Gasteiger partial charge in [-0.3, -0.25) is 4.79 Å². The molecule has 0 bridgehead atoms. The highest BCUT2D eigenvalue weighted by atomic mass is 16.2. The van der Waals surface area contributed by atoms with E-state index >= 15 is 0 Å². The van der Waals surface area contributed by atoms with Crippen LogP contribution >= 0.6 is 0 Å². The number of carbonyl (C=O) groups is 1. The SMILES string of the molecule is O=NC=C1C=CN(CC(=O)c2ccccc2)C=C1. The average molecular weight is 240 g/mol. The predicted molar refractivity (Wildman–Crippen MR) is 69.6 cm³/mol. The van der Waals surface area contributed by atoms with Gasteiger partial charge in [0.1, 0.15) is 0 Å². The van der Waals surface area contributed by atoms with Gasteiger partial charge in [0, 0.05) is 18.0 Å². The highest BCUT2D eigenvalue weighted by Crippen LogP contribution is 2.10. The molecule has 1 aliphatic heterocycles. The zero-order valence-electron chi connectivity index (χ0n) is 9.69. The third-order valence-electron chi connectivity index (χ3n) is 2.54. The number of hydrogen-bond donors (Lipinski definition) is 0. The van der Waals surface area contributed by atoms with Gasteiger partial charge in [0.15, 0.2) is 5.78 Å². The number of nitrogens with zero attached hydrogens (tertiary/aromatic N) is 2. The van der Waals surface area contributed by atoms with Crippen molar-refractivity contribution in [2.75, 3.05) is 6.54 Å². The number of allylic oxidation sites excluding steroid dienone is 3. The van der Waals surface area contributed by atoms with Crippen molar-refractivity contribution in [3.63, 3.8) is 0 Å². The number of Topliss-reactive ketones (excluding diaryl/α,β-unsaturated/α-hetero) is 1. The molecule has 1 aromatic rings. The summed E-state index contributed by atoms with van der Waals surface area (Å²) in [7, 11) is 0. The van der Waals surface area contributed by atoms with E-state index in [4.69, 9.17) is 0 Å². The molecule has 1 heterocycles. The summed E-state index contributed by atoms with van der Waals surface area (Å²) in [6, 6.07) is 9.14. The van der Waals surface area contributed by atoms with E-state index in [2.05, 4.69) is 5.18 Å². The van der Waals surface area contributed by atoms with Gasteiger partial charge in [0.05, 0.1) is 12.7 Å². The van der Waals surface area contributed by atoms with Gasteiger partial charge in [-0.15, -0.1) is 4.91 Å². The molecule has 1 aliphatic rings. The van der Waals surface area contributed by atoms with Crippen LogP contribution in [0.25, 0.3) is 0 Å². The minimum Gasteiger partial charge on any atom is -0.347 e. The Balaban J connectivity index is 1.99. The van der Waals surface area contributed by atoms with Gasteiger partial charge in [-0.05, 0) is 22.9 Å². The Hall–Kier alpha value is -2.49. The summed E-state index contributed by atoms with van der Waals surface area (Å²) in [4.78, 5) is 23.7. The Bertz CT molecular complexity index is 514. The molecular formula is C14H12N2O2. The fourth-order valence-corrected chi connectivity index (χ4v) is 1.60. The monoisotopic (exact) mass is 240 g/mol. The second-order valence-corrected chi connectivity index (χ2v) is 3.83. The maximum atomic E-state index is 11.9. The second kappa shape index (κ2) is 5.72. The molecule has 0 aliphatic carbocycles. The molecule has 0 aromatic heterocycles. The fraction of sp³-hybridized carbons (Fsp3) is 0.0714. The van der Waals surface area contributed by atoms with E-state index in [0.29, 0.717) is 11.1 Å². The zero-order valence-corrected chi connectivity index (χ0v) is 9.69. The third-order valence-corrected chi connectivity index (χ3v) is 2.54. The smallest absolute Gasteiger partial charge is 0.182 e. The first-order chi connectivity index (χ1) is 8.79. The lowest BCUT2D eigenvalue weighted by Crippen LogP contribution is -2.21. The van der Waals surface area contributed by atoms with E-state index < -0.39 is 0 Å². The van der Waals surface area contributed by atoms with Gasteiger partial charge in [-0.2, -0.15) is 0 Å². The maximum Gasteiger partial charge on any atom is 0.182 e. The van der Waals surface area contributed by atoms with Crippen molar-refractivity contribution in [1.29, 1.82) is 0 Å². The molecule has 90 valence electrons. The predicted octanol–water partition coefficient (Wildman–Crippen LogP) is 2.86. The van der Waals surface area contributed by atoms with Gasteiger partial charge in [-0.25, -0.2) is 0 Å². The van der Waals surface area contributed by atoms with Crippen LogP contribution in [0.1, 0.15) is 10.4 Å². The van der Waals surface area contributed by atoms with Crippen molar-refractivity contribution < 1.29 is 4.79 Å². The summed E-state index contributed by atoms with van der Waals surface area (Å²) in [6.45, 7) is 0.277. The summed E-state index contributed by atoms with van der Waals surface area (Å²) in [5.74, 6) is 0.0471. The number of nitroso groups, excluding NO2 is 1. The molecule has 0 saturated carbocycles. The molecule has 0 atom stereocenters. The van der Waals surface area contributed by atoms with Crippen LogP contribution in [-0.4, -0.2) is 17.2 Å². The zero-order chi connectivity index (χ0) is 12.8. The minimum absolute atomic E-state index is 0.0471. The largest absolute Gasteiger partial charge is 0.347 e. The van der Waals surface area contributed by atoms with Gasteiger partial charge >= 0.3 is 0 Å². The molecule has 0 N–H and O–H groups in total. The summed E-state index contributed by atoms with van der Waals surface area (Å²) in [5, 5.41) is 2.69. The van der Waals surface area contributed by atoms with Crippen LogP contribution in [0, 0.1) is 4.91 Å². The van der Waals surface area contributed by atoms with E-state index in [1.54, 1.807) is 41.6 Å². The molecule has 18 heavy (non-hydrogen) atoms. The standard InChI is InChI=1S/C14H12N2O2/c17-14(13-4-2-1-3-5-13)11-16-8-6-12(7-9-16)10-15-18/h1-10H,11H2. The molecule has 4 heteroatoms. The molecular weight excluding hydrogens is 228 g/mol. The summed E-state index contributed by atoms with van der Waals surface area (Å²) in [6.07, 6.45) is 8.19. The van der Waals surface area contributed by atoms with Crippen molar-refractivity contribution in [1.82, 2.24) is 4.90 Å². The van der Waals surface area contributed by atoms with Crippen LogP contribution < -0.4 is 0 Å². The van der Waals surface area contributed by atoms with Crippen molar-refractivity contribution in [3.8, 4) is 0 Å². The van der Waals surface area contributed by atoms with Crippen molar-refractivity contribution in [2.24, 2.45) is 5.18 Å². The Morgan fingerprint density at radius 1 is 1.17 bits per heavy atom. The maximum absolute atomic E-state index is 11.9. The van der Waals surface area contributed by atoms with Crippen LogP contribution in [0.4, 0.5) is 0 Å². The highest BCUT2D eigenvalue weighted by Gasteiger charge is 2.09. The quantitative estimate of drug-likeness (QED) is 0.600. The lowest BCUT2D eigenvalue weighted by atomic mass is 10.1. The van der Waals surface area contributed by atoms with E-state index in [-0.39, 0.29) is 12.3 Å². The van der Waals surface area contributed by atoms with E-state index in [1.165, 1.54) is 6.20 Å². The lowest BCUT2D eigenvalue weighted by molar-refractivity contribution is 0.0969.